The SMILES string of the molecule is C=C(C)C(=O)OCCNC(=O)OCC1(C)CCC2C(C1)C1CCC2(CCO)C1. The van der Waals surface area contributed by atoms with Crippen molar-refractivity contribution in [3.8, 4) is 0 Å². The van der Waals surface area contributed by atoms with Crippen molar-refractivity contribution >= 4 is 12.1 Å². The van der Waals surface area contributed by atoms with Crippen molar-refractivity contribution < 1.29 is 24.2 Å². The van der Waals surface area contributed by atoms with Gasteiger partial charge in [0.05, 0.1) is 13.2 Å². The highest BCUT2D eigenvalue weighted by atomic mass is 16.6. The van der Waals surface area contributed by atoms with Crippen molar-refractivity contribution in [2.24, 2.45) is 28.6 Å². The number of carbonyl (C=O) groups excluding carboxylic acids is 2. The first-order chi connectivity index (χ1) is 13.3. The molecule has 0 spiro atoms. The topological polar surface area (TPSA) is 84.9 Å². The van der Waals surface area contributed by atoms with Gasteiger partial charge in [-0.05, 0) is 75.0 Å². The van der Waals surface area contributed by atoms with Crippen molar-refractivity contribution in [1.29, 1.82) is 0 Å². The van der Waals surface area contributed by atoms with Gasteiger partial charge in [0.1, 0.15) is 6.61 Å². The number of alkyl carbamates (subject to hydrolysis) is 1. The molecule has 3 rings (SSSR count). The first kappa shape index (κ1) is 21.2. The van der Waals surface area contributed by atoms with E-state index in [2.05, 4.69) is 18.8 Å². The molecule has 2 bridgehead atoms. The van der Waals surface area contributed by atoms with Crippen LogP contribution in [0.2, 0.25) is 0 Å². The van der Waals surface area contributed by atoms with Crippen LogP contribution in [-0.4, -0.2) is 43.5 Å². The van der Waals surface area contributed by atoms with Crippen molar-refractivity contribution in [2.75, 3.05) is 26.4 Å². The highest BCUT2D eigenvalue weighted by molar-refractivity contribution is 5.86. The summed E-state index contributed by atoms with van der Waals surface area (Å²) in [5.74, 6) is 1.79. The molecule has 1 amide bonds. The number of ether oxygens (including phenoxy) is 2. The van der Waals surface area contributed by atoms with E-state index in [0.717, 1.165) is 31.1 Å². The second kappa shape index (κ2) is 8.44. The molecule has 5 unspecified atom stereocenters. The summed E-state index contributed by atoms with van der Waals surface area (Å²) in [4.78, 5) is 23.3. The molecule has 3 saturated carbocycles. The average Bonchev–Trinajstić information content (AvgIpc) is 3.20. The Bertz CT molecular complexity index is 620. The van der Waals surface area contributed by atoms with Gasteiger partial charge in [0.2, 0.25) is 0 Å². The molecule has 3 fully saturated rings. The van der Waals surface area contributed by atoms with Crippen molar-refractivity contribution in [3.63, 3.8) is 0 Å². The normalized spacial score (nSPS) is 35.9. The molecule has 6 heteroatoms. The molecule has 0 aromatic heterocycles. The summed E-state index contributed by atoms with van der Waals surface area (Å²) in [7, 11) is 0. The predicted molar refractivity (Wildman–Crippen MR) is 106 cm³/mol. The number of nitrogens with one attached hydrogen (secondary N) is 1. The standard InChI is InChI=1S/C22H35NO5/c1-15(2)19(25)27-11-9-23-20(26)28-14-21(3)6-5-18-17(13-21)16-4-7-22(18,12-16)8-10-24/h16-18,24H,1,4-14H2,2-3H3,(H,23,26). The zero-order chi connectivity index (χ0) is 20.4. The van der Waals surface area contributed by atoms with Crippen LogP contribution in [0.15, 0.2) is 12.2 Å². The van der Waals surface area contributed by atoms with Crippen LogP contribution >= 0.6 is 0 Å². The first-order valence-corrected chi connectivity index (χ1v) is 10.6. The molecule has 2 N–H and O–H groups in total. The van der Waals surface area contributed by atoms with Gasteiger partial charge >= 0.3 is 12.1 Å². The third-order valence-corrected chi connectivity index (χ3v) is 7.49. The molecule has 158 valence electrons. The highest BCUT2D eigenvalue weighted by Gasteiger charge is 2.59. The third kappa shape index (κ3) is 4.37. The summed E-state index contributed by atoms with van der Waals surface area (Å²) < 4.78 is 10.4. The van der Waals surface area contributed by atoms with Crippen LogP contribution in [0.5, 0.6) is 0 Å². The number of hydrogen-bond donors (Lipinski definition) is 2. The third-order valence-electron chi connectivity index (χ3n) is 7.49. The van der Waals surface area contributed by atoms with Crippen molar-refractivity contribution in [3.05, 3.63) is 12.2 Å². The number of hydrogen-bond acceptors (Lipinski definition) is 5. The van der Waals surface area contributed by atoms with Crippen LogP contribution < -0.4 is 5.32 Å². The average molecular weight is 394 g/mol. The van der Waals surface area contributed by atoms with E-state index in [4.69, 9.17) is 9.47 Å². The number of esters is 1. The zero-order valence-corrected chi connectivity index (χ0v) is 17.3. The lowest BCUT2D eigenvalue weighted by atomic mass is 9.58. The summed E-state index contributed by atoms with van der Waals surface area (Å²) in [6, 6.07) is 0. The minimum Gasteiger partial charge on any atom is -0.460 e. The van der Waals surface area contributed by atoms with E-state index >= 15 is 0 Å². The van der Waals surface area contributed by atoms with Crippen LogP contribution in [0, 0.1) is 28.6 Å². The van der Waals surface area contributed by atoms with Gasteiger partial charge in [-0.25, -0.2) is 9.59 Å². The fraction of sp³-hybridized carbons (Fsp3) is 0.818. The Morgan fingerprint density at radius 2 is 2.00 bits per heavy atom. The largest absolute Gasteiger partial charge is 0.460 e. The van der Waals surface area contributed by atoms with Crippen LogP contribution in [-0.2, 0) is 14.3 Å². The molecule has 3 aliphatic carbocycles. The van der Waals surface area contributed by atoms with Gasteiger partial charge < -0.3 is 19.9 Å². The molecule has 5 atom stereocenters. The van der Waals surface area contributed by atoms with Crippen LogP contribution in [0.25, 0.3) is 0 Å². The van der Waals surface area contributed by atoms with E-state index < -0.39 is 12.1 Å². The Hall–Kier alpha value is -1.56. The number of rotatable bonds is 8. The van der Waals surface area contributed by atoms with Gasteiger partial charge in [0.25, 0.3) is 0 Å². The maximum atomic E-state index is 12.0. The van der Waals surface area contributed by atoms with Crippen LogP contribution in [0.4, 0.5) is 4.79 Å². The fourth-order valence-electron chi connectivity index (χ4n) is 6.17. The lowest BCUT2D eigenvalue weighted by molar-refractivity contribution is -0.138. The summed E-state index contributed by atoms with van der Waals surface area (Å²) in [6.45, 7) is 8.39. The molecular formula is C22H35NO5. The van der Waals surface area contributed by atoms with Gasteiger partial charge in [-0.1, -0.05) is 13.5 Å². The first-order valence-electron chi connectivity index (χ1n) is 10.6. The molecule has 6 nitrogen and oxygen atoms in total. The molecular weight excluding hydrogens is 358 g/mol. The van der Waals surface area contributed by atoms with E-state index in [1.54, 1.807) is 6.92 Å². The Kier molecular flexibility index (Phi) is 6.37. The van der Waals surface area contributed by atoms with E-state index in [1.165, 1.54) is 25.7 Å². The van der Waals surface area contributed by atoms with Gasteiger partial charge in [-0.15, -0.1) is 0 Å². The van der Waals surface area contributed by atoms with Crippen LogP contribution in [0.3, 0.4) is 0 Å². The molecule has 0 saturated heterocycles. The summed E-state index contributed by atoms with van der Waals surface area (Å²) in [5.41, 5.74) is 0.744. The Labute approximate surface area is 168 Å². The van der Waals surface area contributed by atoms with Crippen molar-refractivity contribution in [1.82, 2.24) is 5.32 Å². The molecule has 3 aliphatic rings. The summed E-state index contributed by atoms with van der Waals surface area (Å²) >= 11 is 0. The second-order valence-electron chi connectivity index (χ2n) is 9.58. The lowest BCUT2D eigenvalue weighted by Gasteiger charge is -2.48. The zero-order valence-electron chi connectivity index (χ0n) is 17.3. The molecule has 0 aromatic carbocycles. The van der Waals surface area contributed by atoms with Crippen LogP contribution in [0.1, 0.15) is 58.8 Å². The van der Waals surface area contributed by atoms with Gasteiger partial charge in [0.15, 0.2) is 0 Å². The molecule has 0 radical (unpaired) electrons. The molecule has 0 aromatic rings. The minimum atomic E-state index is -0.459. The predicted octanol–water partition coefficient (Wildman–Crippen LogP) is 3.44. The molecule has 0 heterocycles. The Morgan fingerprint density at radius 3 is 2.71 bits per heavy atom. The Balaban J connectivity index is 1.42. The molecule has 0 aliphatic heterocycles. The van der Waals surface area contributed by atoms with E-state index in [9.17, 15) is 14.7 Å². The lowest BCUT2D eigenvalue weighted by Crippen LogP contribution is -2.42. The number of fused-ring (bicyclic) bond motifs is 5. The second-order valence-corrected chi connectivity index (χ2v) is 9.58. The number of amides is 1. The smallest absolute Gasteiger partial charge is 0.407 e. The Morgan fingerprint density at radius 1 is 1.21 bits per heavy atom. The summed E-state index contributed by atoms with van der Waals surface area (Å²) in [6.07, 6.45) is 7.71. The van der Waals surface area contributed by atoms with Gasteiger partial charge in [0, 0.05) is 17.6 Å². The fourth-order valence-corrected chi connectivity index (χ4v) is 6.17. The number of aliphatic hydroxyl groups is 1. The number of carbonyl (C=O) groups is 2. The number of aliphatic hydroxyl groups excluding tert-OH is 1. The quantitative estimate of drug-likeness (QED) is 0.375. The van der Waals surface area contributed by atoms with Crippen molar-refractivity contribution in [2.45, 2.75) is 58.8 Å². The maximum Gasteiger partial charge on any atom is 0.407 e. The van der Waals surface area contributed by atoms with Gasteiger partial charge in [-0.3, -0.25) is 0 Å². The molecule has 28 heavy (non-hydrogen) atoms. The summed E-state index contributed by atoms with van der Waals surface area (Å²) in [5, 5.41) is 12.2. The highest BCUT2D eigenvalue weighted by Crippen LogP contribution is 2.67. The monoisotopic (exact) mass is 393 g/mol. The minimum absolute atomic E-state index is 0.0236. The van der Waals surface area contributed by atoms with E-state index in [1.807, 2.05) is 0 Å². The van der Waals surface area contributed by atoms with Gasteiger partial charge in [-0.2, -0.15) is 0 Å². The van der Waals surface area contributed by atoms with E-state index in [-0.39, 0.29) is 18.6 Å². The maximum absolute atomic E-state index is 12.0. The van der Waals surface area contributed by atoms with E-state index in [0.29, 0.717) is 30.1 Å².